The van der Waals surface area contributed by atoms with Crippen LogP contribution in [-0.4, -0.2) is 27.0 Å². The van der Waals surface area contributed by atoms with Gasteiger partial charge in [-0.15, -0.1) is 0 Å². The van der Waals surface area contributed by atoms with Crippen LogP contribution in [0.5, 0.6) is 0 Å². The third-order valence-electron chi connectivity index (χ3n) is 4.58. The van der Waals surface area contributed by atoms with Crippen LogP contribution in [0.3, 0.4) is 0 Å². The minimum atomic E-state index is -0.500. The molecular weight excluding hydrogens is 250 g/mol. The van der Waals surface area contributed by atoms with Crippen LogP contribution < -0.4 is 5.32 Å². The Bertz CT molecular complexity index is 406. The molecule has 1 aliphatic carbocycles. The summed E-state index contributed by atoms with van der Waals surface area (Å²) >= 11 is 0. The van der Waals surface area contributed by atoms with Crippen molar-refractivity contribution in [2.75, 3.05) is 6.54 Å². The maximum absolute atomic E-state index is 10.6. The van der Waals surface area contributed by atoms with Crippen molar-refractivity contribution in [1.29, 1.82) is 0 Å². The molecule has 0 aliphatic heterocycles. The van der Waals surface area contributed by atoms with Gasteiger partial charge in [0.15, 0.2) is 0 Å². The maximum atomic E-state index is 10.6. The van der Waals surface area contributed by atoms with Gasteiger partial charge in [0.1, 0.15) is 0 Å². The van der Waals surface area contributed by atoms with Gasteiger partial charge in [0.05, 0.1) is 11.8 Å². The Hall–Kier alpha value is -0.870. The molecule has 0 bridgehead atoms. The predicted molar refractivity (Wildman–Crippen MR) is 81.5 cm³/mol. The van der Waals surface area contributed by atoms with E-state index in [-0.39, 0.29) is 0 Å². The number of rotatable bonds is 6. The molecule has 4 heteroatoms. The van der Waals surface area contributed by atoms with Gasteiger partial charge in [-0.3, -0.25) is 4.68 Å². The van der Waals surface area contributed by atoms with E-state index in [9.17, 15) is 5.11 Å². The van der Waals surface area contributed by atoms with Gasteiger partial charge in [-0.2, -0.15) is 5.10 Å². The van der Waals surface area contributed by atoms with E-state index >= 15 is 0 Å². The van der Waals surface area contributed by atoms with E-state index < -0.39 is 5.60 Å². The number of hydrogen-bond donors (Lipinski definition) is 2. The van der Waals surface area contributed by atoms with Crippen molar-refractivity contribution < 1.29 is 5.11 Å². The summed E-state index contributed by atoms with van der Waals surface area (Å²) < 4.78 is 1.97. The first-order valence-corrected chi connectivity index (χ1v) is 7.98. The van der Waals surface area contributed by atoms with E-state index in [4.69, 9.17) is 0 Å². The molecule has 114 valence electrons. The highest BCUT2D eigenvalue weighted by Crippen LogP contribution is 2.33. The topological polar surface area (TPSA) is 50.1 Å². The Labute approximate surface area is 122 Å². The number of nitrogens with one attached hydrogen (secondary N) is 1. The summed E-state index contributed by atoms with van der Waals surface area (Å²) in [6, 6.07) is 0.400. The zero-order valence-electron chi connectivity index (χ0n) is 13.1. The average molecular weight is 279 g/mol. The van der Waals surface area contributed by atoms with Gasteiger partial charge < -0.3 is 10.4 Å². The van der Waals surface area contributed by atoms with Crippen molar-refractivity contribution in [2.24, 2.45) is 5.92 Å². The van der Waals surface area contributed by atoms with Gasteiger partial charge in [0.25, 0.3) is 0 Å². The first kappa shape index (κ1) is 15.5. The van der Waals surface area contributed by atoms with Crippen molar-refractivity contribution in [3.05, 3.63) is 18.0 Å². The molecule has 0 saturated heterocycles. The van der Waals surface area contributed by atoms with Crippen molar-refractivity contribution >= 4 is 0 Å². The molecule has 2 N–H and O–H groups in total. The quantitative estimate of drug-likeness (QED) is 0.842. The fourth-order valence-electron chi connectivity index (χ4n) is 2.99. The van der Waals surface area contributed by atoms with Crippen molar-refractivity contribution in [1.82, 2.24) is 15.1 Å². The van der Waals surface area contributed by atoms with Crippen LogP contribution in [0, 0.1) is 5.92 Å². The second kappa shape index (κ2) is 6.72. The molecule has 1 aliphatic rings. The van der Waals surface area contributed by atoms with Crippen LogP contribution in [0.1, 0.15) is 64.5 Å². The molecule has 1 aromatic rings. The van der Waals surface area contributed by atoms with Gasteiger partial charge >= 0.3 is 0 Å². The molecule has 20 heavy (non-hydrogen) atoms. The Kier molecular flexibility index (Phi) is 5.22. The molecule has 4 nitrogen and oxygen atoms in total. The Balaban J connectivity index is 1.75. The van der Waals surface area contributed by atoms with E-state index in [1.54, 1.807) is 0 Å². The third kappa shape index (κ3) is 4.06. The molecule has 1 saturated carbocycles. The van der Waals surface area contributed by atoms with Crippen LogP contribution in [-0.2, 0) is 6.54 Å². The van der Waals surface area contributed by atoms with Gasteiger partial charge in [0, 0.05) is 30.9 Å². The van der Waals surface area contributed by atoms with Crippen molar-refractivity contribution in [2.45, 2.75) is 71.1 Å². The average Bonchev–Trinajstić information content (AvgIpc) is 2.89. The lowest BCUT2D eigenvalue weighted by Gasteiger charge is -2.36. The molecule has 0 amide bonds. The monoisotopic (exact) mass is 279 g/mol. The lowest BCUT2D eigenvalue weighted by Crippen LogP contribution is -2.43. The standard InChI is InChI=1S/C16H29N3O/c1-4-14-5-7-16(20,8-6-14)12-17-9-15-10-18-19(11-15)13(2)3/h10-11,13-14,17,20H,4-9,12H2,1-3H3. The summed E-state index contributed by atoms with van der Waals surface area (Å²) in [5, 5.41) is 18.3. The molecule has 0 aromatic carbocycles. The van der Waals surface area contributed by atoms with Gasteiger partial charge in [-0.05, 0) is 45.4 Å². The first-order chi connectivity index (χ1) is 9.52. The van der Waals surface area contributed by atoms with E-state index in [0.29, 0.717) is 12.6 Å². The SMILES string of the molecule is CCC1CCC(O)(CNCc2cnn(C(C)C)c2)CC1. The Morgan fingerprint density at radius 2 is 2.15 bits per heavy atom. The lowest BCUT2D eigenvalue weighted by atomic mass is 9.78. The highest BCUT2D eigenvalue weighted by Gasteiger charge is 2.32. The number of aliphatic hydroxyl groups is 1. The summed E-state index contributed by atoms with van der Waals surface area (Å²) in [6.45, 7) is 7.97. The fraction of sp³-hybridized carbons (Fsp3) is 0.812. The van der Waals surface area contributed by atoms with Crippen LogP contribution >= 0.6 is 0 Å². The summed E-state index contributed by atoms with van der Waals surface area (Å²) in [6.07, 6.45) is 9.44. The van der Waals surface area contributed by atoms with Crippen LogP contribution in [0.15, 0.2) is 12.4 Å². The highest BCUT2D eigenvalue weighted by molar-refractivity contribution is 5.04. The minimum absolute atomic E-state index is 0.400. The largest absolute Gasteiger partial charge is 0.389 e. The maximum Gasteiger partial charge on any atom is 0.0771 e. The zero-order valence-corrected chi connectivity index (χ0v) is 13.1. The van der Waals surface area contributed by atoms with Gasteiger partial charge in [0.2, 0.25) is 0 Å². The van der Waals surface area contributed by atoms with E-state index in [0.717, 1.165) is 25.3 Å². The third-order valence-corrected chi connectivity index (χ3v) is 4.58. The fourth-order valence-corrected chi connectivity index (χ4v) is 2.99. The van der Waals surface area contributed by atoms with Gasteiger partial charge in [-0.1, -0.05) is 13.3 Å². The molecule has 1 aromatic heterocycles. The second-order valence-electron chi connectivity index (χ2n) is 6.60. The highest BCUT2D eigenvalue weighted by atomic mass is 16.3. The molecule has 2 rings (SSSR count). The molecule has 0 atom stereocenters. The van der Waals surface area contributed by atoms with Crippen molar-refractivity contribution in [3.8, 4) is 0 Å². The van der Waals surface area contributed by atoms with E-state index in [1.807, 2.05) is 10.9 Å². The summed E-state index contributed by atoms with van der Waals surface area (Å²) in [5.74, 6) is 0.819. The molecule has 1 fully saturated rings. The zero-order chi connectivity index (χ0) is 14.6. The molecule has 0 unspecified atom stereocenters. The van der Waals surface area contributed by atoms with Crippen LogP contribution in [0.4, 0.5) is 0 Å². The second-order valence-corrected chi connectivity index (χ2v) is 6.60. The smallest absolute Gasteiger partial charge is 0.0771 e. The van der Waals surface area contributed by atoms with E-state index in [1.165, 1.54) is 24.8 Å². The Morgan fingerprint density at radius 1 is 1.45 bits per heavy atom. The predicted octanol–water partition coefficient (Wildman–Crippen LogP) is 2.88. The lowest BCUT2D eigenvalue weighted by molar-refractivity contribution is -0.00881. The van der Waals surface area contributed by atoms with E-state index in [2.05, 4.69) is 37.4 Å². The summed E-state index contributed by atoms with van der Waals surface area (Å²) in [7, 11) is 0. The van der Waals surface area contributed by atoms with Crippen LogP contribution in [0.2, 0.25) is 0 Å². The van der Waals surface area contributed by atoms with Gasteiger partial charge in [-0.25, -0.2) is 0 Å². The van der Waals surface area contributed by atoms with Crippen LogP contribution in [0.25, 0.3) is 0 Å². The summed E-state index contributed by atoms with van der Waals surface area (Å²) in [5.41, 5.74) is 0.684. The number of nitrogens with zero attached hydrogens (tertiary/aromatic N) is 2. The van der Waals surface area contributed by atoms with Crippen molar-refractivity contribution in [3.63, 3.8) is 0 Å². The molecular formula is C16H29N3O. The first-order valence-electron chi connectivity index (χ1n) is 7.98. The number of aromatic nitrogens is 2. The normalized spacial score (nSPS) is 27.1. The number of hydrogen-bond acceptors (Lipinski definition) is 3. The molecule has 0 spiro atoms. The Morgan fingerprint density at radius 3 is 2.70 bits per heavy atom. The molecule has 0 radical (unpaired) electrons. The minimum Gasteiger partial charge on any atom is -0.389 e. The molecule has 1 heterocycles. The summed E-state index contributed by atoms with van der Waals surface area (Å²) in [4.78, 5) is 0.